The van der Waals surface area contributed by atoms with Crippen molar-refractivity contribution in [2.75, 3.05) is 24.3 Å². The van der Waals surface area contributed by atoms with E-state index in [-0.39, 0.29) is 6.10 Å². The van der Waals surface area contributed by atoms with E-state index in [0.29, 0.717) is 47.8 Å². The Kier molecular flexibility index (Phi) is 6.10. The Balaban J connectivity index is 1.34. The van der Waals surface area contributed by atoms with Gasteiger partial charge in [-0.2, -0.15) is 0 Å². The zero-order chi connectivity index (χ0) is 22.6. The van der Waals surface area contributed by atoms with E-state index in [1.54, 1.807) is 18.3 Å². The summed E-state index contributed by atoms with van der Waals surface area (Å²) in [6.07, 6.45) is 4.07. The summed E-state index contributed by atoms with van der Waals surface area (Å²) in [6, 6.07) is 14.8. The maximum absolute atomic E-state index is 6.44. The van der Waals surface area contributed by atoms with E-state index >= 15 is 0 Å². The molecule has 4 aromatic rings. The first-order valence-electron chi connectivity index (χ1n) is 10.5. The van der Waals surface area contributed by atoms with Gasteiger partial charge in [0.2, 0.25) is 0 Å². The summed E-state index contributed by atoms with van der Waals surface area (Å²) < 4.78 is 17.2. The molecular formula is C24H22ClN5O3. The number of rotatable bonds is 7. The zero-order valence-corrected chi connectivity index (χ0v) is 18.5. The summed E-state index contributed by atoms with van der Waals surface area (Å²) in [4.78, 5) is 13.0. The van der Waals surface area contributed by atoms with E-state index in [1.807, 2.05) is 36.4 Å². The molecule has 1 saturated heterocycles. The van der Waals surface area contributed by atoms with Gasteiger partial charge in [-0.05, 0) is 36.4 Å². The number of anilines is 3. The highest BCUT2D eigenvalue weighted by molar-refractivity contribution is 6.32. The fourth-order valence-electron chi connectivity index (χ4n) is 3.56. The van der Waals surface area contributed by atoms with Crippen LogP contribution in [0.2, 0.25) is 5.02 Å². The Bertz CT molecular complexity index is 1270. The van der Waals surface area contributed by atoms with Crippen LogP contribution < -0.4 is 20.5 Å². The van der Waals surface area contributed by atoms with Crippen molar-refractivity contribution >= 4 is 39.7 Å². The lowest BCUT2D eigenvalue weighted by atomic mass is 10.2. The summed E-state index contributed by atoms with van der Waals surface area (Å²) in [7, 11) is 0. The molecule has 1 atom stereocenters. The molecule has 0 bridgehead atoms. The second-order valence-electron chi connectivity index (χ2n) is 7.61. The average Bonchev–Trinajstić information content (AvgIpc) is 3.33. The highest BCUT2D eigenvalue weighted by Gasteiger charge is 2.19. The molecule has 2 aromatic heterocycles. The summed E-state index contributed by atoms with van der Waals surface area (Å²) in [6.45, 7) is 1.60. The van der Waals surface area contributed by atoms with Crippen molar-refractivity contribution in [1.82, 2.24) is 15.0 Å². The molecule has 3 heterocycles. The topological polar surface area (TPSA) is 104 Å². The Labute approximate surface area is 195 Å². The average molecular weight is 464 g/mol. The third kappa shape index (κ3) is 4.92. The molecule has 0 amide bonds. The van der Waals surface area contributed by atoms with E-state index < -0.39 is 0 Å². The van der Waals surface area contributed by atoms with Crippen molar-refractivity contribution in [2.24, 2.45) is 0 Å². The smallest absolute Gasteiger partial charge is 0.144 e. The maximum atomic E-state index is 6.44. The molecule has 3 N–H and O–H groups in total. The number of nitrogens with one attached hydrogen (secondary N) is 1. The van der Waals surface area contributed by atoms with Crippen molar-refractivity contribution in [1.29, 1.82) is 0 Å². The van der Waals surface area contributed by atoms with Crippen LogP contribution in [0.1, 0.15) is 12.1 Å². The van der Waals surface area contributed by atoms with Gasteiger partial charge in [0.05, 0.1) is 35.1 Å². The first kappa shape index (κ1) is 21.2. The highest BCUT2D eigenvalue weighted by atomic mass is 35.5. The lowest BCUT2D eigenvalue weighted by Crippen LogP contribution is -2.16. The third-order valence-corrected chi connectivity index (χ3v) is 5.54. The quantitative estimate of drug-likeness (QED) is 0.378. The first-order chi connectivity index (χ1) is 16.2. The van der Waals surface area contributed by atoms with Gasteiger partial charge in [0.1, 0.15) is 36.4 Å². The van der Waals surface area contributed by atoms with Crippen molar-refractivity contribution in [3.63, 3.8) is 0 Å². The molecule has 8 nitrogen and oxygen atoms in total. The zero-order valence-electron chi connectivity index (χ0n) is 17.7. The molecule has 1 unspecified atom stereocenters. The minimum absolute atomic E-state index is 0.00438. The second kappa shape index (κ2) is 9.48. The van der Waals surface area contributed by atoms with Crippen LogP contribution in [0.3, 0.4) is 0 Å². The van der Waals surface area contributed by atoms with Gasteiger partial charge >= 0.3 is 0 Å². The predicted molar refractivity (Wildman–Crippen MR) is 127 cm³/mol. The first-order valence-corrected chi connectivity index (χ1v) is 10.9. The van der Waals surface area contributed by atoms with Crippen LogP contribution in [-0.4, -0.2) is 34.3 Å². The molecule has 1 fully saturated rings. The van der Waals surface area contributed by atoms with Gasteiger partial charge in [-0.25, -0.2) is 9.97 Å². The molecule has 0 saturated carbocycles. The number of ether oxygens (including phenoxy) is 3. The van der Waals surface area contributed by atoms with Gasteiger partial charge in [0, 0.05) is 29.8 Å². The standard InChI is InChI=1S/C24H22ClN5O3/c25-19-9-15(4-5-22(19)32-12-16-3-1-2-7-27-16)30-24-18-10-20(26)23(11-21(18)28-14-29-24)33-17-6-8-31-13-17/h1-5,7,9-11,14,17H,6,8,12-13,26H2,(H,28,29,30). The van der Waals surface area contributed by atoms with Crippen LogP contribution in [-0.2, 0) is 11.3 Å². The number of hydrogen-bond acceptors (Lipinski definition) is 8. The van der Waals surface area contributed by atoms with Crippen LogP contribution in [0.25, 0.3) is 10.9 Å². The third-order valence-electron chi connectivity index (χ3n) is 5.24. The van der Waals surface area contributed by atoms with Gasteiger partial charge < -0.3 is 25.3 Å². The van der Waals surface area contributed by atoms with E-state index in [2.05, 4.69) is 20.3 Å². The number of aromatic nitrogens is 3. The molecule has 1 aliphatic heterocycles. The van der Waals surface area contributed by atoms with E-state index in [0.717, 1.165) is 28.7 Å². The largest absolute Gasteiger partial charge is 0.486 e. The summed E-state index contributed by atoms with van der Waals surface area (Å²) >= 11 is 6.44. The fourth-order valence-corrected chi connectivity index (χ4v) is 3.79. The van der Waals surface area contributed by atoms with Crippen molar-refractivity contribution < 1.29 is 14.2 Å². The monoisotopic (exact) mass is 463 g/mol. The van der Waals surface area contributed by atoms with Crippen LogP contribution in [0.15, 0.2) is 61.1 Å². The van der Waals surface area contributed by atoms with Gasteiger partial charge in [-0.15, -0.1) is 0 Å². The second-order valence-corrected chi connectivity index (χ2v) is 8.02. The normalized spacial score (nSPS) is 15.5. The molecule has 0 aliphatic carbocycles. The molecule has 1 aliphatic rings. The summed E-state index contributed by atoms with van der Waals surface area (Å²) in [5.41, 5.74) is 9.08. The SMILES string of the molecule is Nc1cc2c(Nc3ccc(OCc4ccccn4)c(Cl)c3)ncnc2cc1OC1CCOC1. The molecule has 9 heteroatoms. The molecule has 0 spiro atoms. The van der Waals surface area contributed by atoms with Crippen LogP contribution in [0, 0.1) is 0 Å². The molecular weight excluding hydrogens is 442 g/mol. The molecule has 5 rings (SSSR count). The van der Waals surface area contributed by atoms with Crippen molar-refractivity contribution in [3.8, 4) is 11.5 Å². The van der Waals surface area contributed by atoms with Crippen molar-refractivity contribution in [3.05, 3.63) is 71.8 Å². The lowest BCUT2D eigenvalue weighted by molar-refractivity contribution is 0.142. The number of pyridine rings is 1. The Morgan fingerprint density at radius 1 is 1.09 bits per heavy atom. The lowest BCUT2D eigenvalue weighted by Gasteiger charge is -2.16. The molecule has 168 valence electrons. The van der Waals surface area contributed by atoms with Crippen LogP contribution in [0.5, 0.6) is 11.5 Å². The van der Waals surface area contributed by atoms with E-state index in [1.165, 1.54) is 6.33 Å². The Morgan fingerprint density at radius 3 is 2.82 bits per heavy atom. The molecule has 2 aromatic carbocycles. The molecule has 33 heavy (non-hydrogen) atoms. The van der Waals surface area contributed by atoms with Gasteiger partial charge in [-0.1, -0.05) is 17.7 Å². The summed E-state index contributed by atoms with van der Waals surface area (Å²) in [5, 5.41) is 4.54. The highest BCUT2D eigenvalue weighted by Crippen LogP contribution is 2.34. The Hall–Kier alpha value is -3.62. The maximum Gasteiger partial charge on any atom is 0.144 e. The fraction of sp³-hybridized carbons (Fsp3) is 0.208. The minimum atomic E-state index is 0.00438. The summed E-state index contributed by atoms with van der Waals surface area (Å²) in [5.74, 6) is 1.78. The minimum Gasteiger partial charge on any atom is -0.486 e. The number of halogens is 1. The van der Waals surface area contributed by atoms with Crippen LogP contribution in [0.4, 0.5) is 17.2 Å². The number of fused-ring (bicyclic) bond motifs is 1. The van der Waals surface area contributed by atoms with E-state index in [9.17, 15) is 0 Å². The number of nitrogens with two attached hydrogens (primary N) is 1. The number of nitrogens with zero attached hydrogens (tertiary/aromatic N) is 3. The molecule has 0 radical (unpaired) electrons. The van der Waals surface area contributed by atoms with Gasteiger partial charge in [-0.3, -0.25) is 4.98 Å². The predicted octanol–water partition coefficient (Wildman–Crippen LogP) is 4.75. The van der Waals surface area contributed by atoms with Gasteiger partial charge in [0.25, 0.3) is 0 Å². The van der Waals surface area contributed by atoms with Crippen molar-refractivity contribution in [2.45, 2.75) is 19.1 Å². The number of benzene rings is 2. The number of nitrogen functional groups attached to an aromatic ring is 1. The van der Waals surface area contributed by atoms with E-state index in [4.69, 9.17) is 31.5 Å². The van der Waals surface area contributed by atoms with Crippen LogP contribution >= 0.6 is 11.6 Å². The Morgan fingerprint density at radius 2 is 2.03 bits per heavy atom. The number of hydrogen-bond donors (Lipinski definition) is 2. The van der Waals surface area contributed by atoms with Gasteiger partial charge in [0.15, 0.2) is 0 Å².